The van der Waals surface area contributed by atoms with Gasteiger partial charge in [0.15, 0.2) is 11.5 Å². The van der Waals surface area contributed by atoms with Gasteiger partial charge in [-0.2, -0.15) is 0 Å². The summed E-state index contributed by atoms with van der Waals surface area (Å²) in [5.74, 6) is 0.520. The van der Waals surface area contributed by atoms with Crippen LogP contribution in [0, 0.1) is 5.92 Å². The van der Waals surface area contributed by atoms with E-state index in [0.29, 0.717) is 36.8 Å². The maximum absolute atomic E-state index is 12.9. The van der Waals surface area contributed by atoms with Crippen molar-refractivity contribution in [1.82, 2.24) is 10.2 Å². The van der Waals surface area contributed by atoms with Crippen LogP contribution in [0.1, 0.15) is 32.6 Å². The van der Waals surface area contributed by atoms with E-state index in [4.69, 9.17) is 9.47 Å². The molecule has 8 nitrogen and oxygen atoms in total. The number of amides is 4. The van der Waals surface area contributed by atoms with E-state index in [1.807, 2.05) is 6.92 Å². The summed E-state index contributed by atoms with van der Waals surface area (Å²) in [5.41, 5.74) is -0.330. The lowest BCUT2D eigenvalue weighted by Crippen LogP contribution is -2.54. The fourth-order valence-corrected chi connectivity index (χ4v) is 4.10. The van der Waals surface area contributed by atoms with Gasteiger partial charge in [0.05, 0.1) is 0 Å². The Kier molecular flexibility index (Phi) is 4.41. The molecule has 4 amide bonds. The number of carbonyl (C=O) groups is 3. The van der Waals surface area contributed by atoms with Gasteiger partial charge in [0.2, 0.25) is 5.91 Å². The molecule has 2 aliphatic heterocycles. The van der Waals surface area contributed by atoms with Crippen molar-refractivity contribution in [3.8, 4) is 11.5 Å². The van der Waals surface area contributed by atoms with Gasteiger partial charge in [-0.15, -0.1) is 0 Å². The highest BCUT2D eigenvalue weighted by molar-refractivity contribution is 6.10. The lowest BCUT2D eigenvalue weighted by Gasteiger charge is -2.36. The summed E-state index contributed by atoms with van der Waals surface area (Å²) in [6, 6.07) is 4.59. The standard InChI is InChI=1S/C19H23N3O5/c1-12-4-2-3-7-19(12)17(24)22(18(25)21-19)11-16(23)20-13-5-6-14-15(10-13)27-9-8-26-14/h5-6,10,12H,2-4,7-9,11H2,1H3,(H,20,23)(H,21,25)/t12-,19-/m0/s1. The van der Waals surface area contributed by atoms with E-state index in [2.05, 4.69) is 10.6 Å². The molecule has 2 N–H and O–H groups in total. The van der Waals surface area contributed by atoms with Crippen LogP contribution in [0.5, 0.6) is 11.5 Å². The lowest BCUT2D eigenvalue weighted by atomic mass is 9.73. The summed E-state index contributed by atoms with van der Waals surface area (Å²) in [4.78, 5) is 38.7. The van der Waals surface area contributed by atoms with Crippen LogP contribution in [0.4, 0.5) is 10.5 Å². The monoisotopic (exact) mass is 373 g/mol. The van der Waals surface area contributed by atoms with Crippen molar-refractivity contribution in [3.63, 3.8) is 0 Å². The van der Waals surface area contributed by atoms with Crippen LogP contribution in [0.2, 0.25) is 0 Å². The SMILES string of the molecule is C[C@H]1CCCC[C@]12NC(=O)N(CC(=O)Nc1ccc3c(c1)OCCO3)C2=O. The summed E-state index contributed by atoms with van der Waals surface area (Å²) >= 11 is 0. The van der Waals surface area contributed by atoms with Crippen LogP contribution >= 0.6 is 0 Å². The second kappa shape index (κ2) is 6.75. The van der Waals surface area contributed by atoms with E-state index in [0.717, 1.165) is 24.2 Å². The topological polar surface area (TPSA) is 97.0 Å². The summed E-state index contributed by atoms with van der Waals surface area (Å²) in [6.45, 7) is 2.61. The van der Waals surface area contributed by atoms with Crippen molar-refractivity contribution in [2.24, 2.45) is 5.92 Å². The smallest absolute Gasteiger partial charge is 0.325 e. The molecule has 1 aromatic carbocycles. The van der Waals surface area contributed by atoms with Crippen molar-refractivity contribution >= 4 is 23.5 Å². The molecule has 8 heteroatoms. The molecule has 2 heterocycles. The van der Waals surface area contributed by atoms with Crippen LogP contribution in [0.3, 0.4) is 0 Å². The predicted molar refractivity (Wildman–Crippen MR) is 96.7 cm³/mol. The van der Waals surface area contributed by atoms with Crippen molar-refractivity contribution in [1.29, 1.82) is 0 Å². The van der Waals surface area contributed by atoms with E-state index >= 15 is 0 Å². The molecular weight excluding hydrogens is 350 g/mol. The molecule has 0 aromatic heterocycles. The van der Waals surface area contributed by atoms with Gasteiger partial charge in [-0.25, -0.2) is 4.79 Å². The number of fused-ring (bicyclic) bond motifs is 1. The number of benzene rings is 1. The maximum Gasteiger partial charge on any atom is 0.325 e. The second-order valence-electron chi connectivity index (χ2n) is 7.35. The highest BCUT2D eigenvalue weighted by Gasteiger charge is 2.55. The first-order chi connectivity index (χ1) is 13.0. The minimum absolute atomic E-state index is 0.0635. The largest absolute Gasteiger partial charge is 0.486 e. The molecule has 1 aromatic rings. The van der Waals surface area contributed by atoms with Crippen LogP contribution in [0.25, 0.3) is 0 Å². The van der Waals surface area contributed by atoms with Crippen molar-refractivity contribution in [3.05, 3.63) is 18.2 Å². The van der Waals surface area contributed by atoms with Crippen LogP contribution in [0.15, 0.2) is 18.2 Å². The Balaban J connectivity index is 1.43. The normalized spacial score (nSPS) is 26.9. The number of imide groups is 1. The predicted octanol–water partition coefficient (Wildman–Crippen LogP) is 1.90. The maximum atomic E-state index is 12.9. The fraction of sp³-hybridized carbons (Fsp3) is 0.526. The number of nitrogens with zero attached hydrogens (tertiary/aromatic N) is 1. The van der Waals surface area contributed by atoms with Gasteiger partial charge >= 0.3 is 6.03 Å². The van der Waals surface area contributed by atoms with Gasteiger partial charge in [-0.05, 0) is 30.9 Å². The number of rotatable bonds is 3. The number of hydrogen-bond acceptors (Lipinski definition) is 5. The Morgan fingerprint density at radius 2 is 2.04 bits per heavy atom. The van der Waals surface area contributed by atoms with Gasteiger partial charge in [-0.1, -0.05) is 19.8 Å². The van der Waals surface area contributed by atoms with Gasteiger partial charge in [-0.3, -0.25) is 14.5 Å². The second-order valence-corrected chi connectivity index (χ2v) is 7.35. The van der Waals surface area contributed by atoms with E-state index in [1.54, 1.807) is 18.2 Å². The average Bonchev–Trinajstić information content (AvgIpc) is 2.89. The third-order valence-corrected chi connectivity index (χ3v) is 5.63. The molecule has 2 fully saturated rings. The lowest BCUT2D eigenvalue weighted by molar-refractivity contribution is -0.136. The number of nitrogens with one attached hydrogen (secondary N) is 2. The van der Waals surface area contributed by atoms with Gasteiger partial charge < -0.3 is 20.1 Å². The quantitative estimate of drug-likeness (QED) is 0.789. The molecular formula is C19H23N3O5. The number of ether oxygens (including phenoxy) is 2. The summed E-state index contributed by atoms with van der Waals surface area (Å²) < 4.78 is 10.9. The van der Waals surface area contributed by atoms with Gasteiger partial charge in [0, 0.05) is 11.8 Å². The van der Waals surface area contributed by atoms with E-state index < -0.39 is 17.5 Å². The van der Waals surface area contributed by atoms with Crippen molar-refractivity contribution in [2.75, 3.05) is 25.1 Å². The van der Waals surface area contributed by atoms with Crippen molar-refractivity contribution < 1.29 is 23.9 Å². The molecule has 1 aliphatic carbocycles. The average molecular weight is 373 g/mol. The molecule has 27 heavy (non-hydrogen) atoms. The van der Waals surface area contributed by atoms with Gasteiger partial charge in [0.25, 0.3) is 5.91 Å². The number of hydrogen-bond donors (Lipinski definition) is 2. The molecule has 3 aliphatic rings. The zero-order chi connectivity index (χ0) is 19.0. The zero-order valence-corrected chi connectivity index (χ0v) is 15.2. The summed E-state index contributed by atoms with van der Waals surface area (Å²) in [7, 11) is 0. The molecule has 1 saturated heterocycles. The Morgan fingerprint density at radius 1 is 1.26 bits per heavy atom. The first kappa shape index (κ1) is 17.6. The first-order valence-electron chi connectivity index (χ1n) is 9.33. The molecule has 144 valence electrons. The molecule has 1 spiro atoms. The fourth-order valence-electron chi connectivity index (χ4n) is 4.10. The summed E-state index contributed by atoms with van der Waals surface area (Å²) in [5, 5.41) is 5.56. The van der Waals surface area contributed by atoms with Crippen LogP contribution < -0.4 is 20.1 Å². The molecule has 0 radical (unpaired) electrons. The number of anilines is 1. The highest BCUT2D eigenvalue weighted by atomic mass is 16.6. The molecule has 0 unspecified atom stereocenters. The van der Waals surface area contributed by atoms with Crippen LogP contribution in [-0.4, -0.2) is 48.0 Å². The van der Waals surface area contributed by atoms with E-state index in [1.165, 1.54) is 0 Å². The Hall–Kier alpha value is -2.77. The minimum Gasteiger partial charge on any atom is -0.486 e. The molecule has 0 bridgehead atoms. The van der Waals surface area contributed by atoms with E-state index in [9.17, 15) is 14.4 Å². The Bertz CT molecular complexity index is 796. The third-order valence-electron chi connectivity index (χ3n) is 5.63. The van der Waals surface area contributed by atoms with Crippen molar-refractivity contribution in [2.45, 2.75) is 38.1 Å². The Labute approximate surface area is 157 Å². The highest BCUT2D eigenvalue weighted by Crippen LogP contribution is 2.38. The zero-order valence-electron chi connectivity index (χ0n) is 15.2. The summed E-state index contributed by atoms with van der Waals surface area (Å²) in [6.07, 6.45) is 3.46. The van der Waals surface area contributed by atoms with Crippen LogP contribution in [-0.2, 0) is 9.59 Å². The first-order valence-corrected chi connectivity index (χ1v) is 9.33. The molecule has 4 rings (SSSR count). The molecule has 1 saturated carbocycles. The minimum atomic E-state index is -0.855. The number of carbonyl (C=O) groups excluding carboxylic acids is 3. The van der Waals surface area contributed by atoms with Gasteiger partial charge in [0.1, 0.15) is 25.3 Å². The van der Waals surface area contributed by atoms with E-state index in [-0.39, 0.29) is 18.4 Å². The Morgan fingerprint density at radius 3 is 2.81 bits per heavy atom. The number of urea groups is 1. The third kappa shape index (κ3) is 3.09. The molecule has 2 atom stereocenters.